The van der Waals surface area contributed by atoms with Crippen LogP contribution in [0, 0.1) is 0 Å². The molecule has 1 aliphatic rings. The summed E-state index contributed by atoms with van der Waals surface area (Å²) in [5.74, 6) is -0.609. The minimum absolute atomic E-state index is 0.164. The Morgan fingerprint density at radius 3 is 2.40 bits per heavy atom. The Morgan fingerprint density at radius 1 is 1.60 bits per heavy atom. The summed E-state index contributed by atoms with van der Waals surface area (Å²) in [5, 5.41) is 1.05. The molecule has 6 heteroatoms. The van der Waals surface area contributed by atoms with Gasteiger partial charge in [0.15, 0.2) is 5.25 Å². The van der Waals surface area contributed by atoms with Gasteiger partial charge in [0.1, 0.15) is 0 Å². The Balaban J connectivity index is 2.84. The van der Waals surface area contributed by atoms with E-state index in [1.54, 1.807) is 0 Å². The molecule has 0 saturated carbocycles. The zero-order valence-electron chi connectivity index (χ0n) is 5.07. The zero-order chi connectivity index (χ0) is 7.78. The molecular formula is C4H7NO4S. The molecule has 58 valence electrons. The van der Waals surface area contributed by atoms with Gasteiger partial charge >= 0.3 is 0 Å². The molecule has 0 aromatic heterocycles. The van der Waals surface area contributed by atoms with Crippen LogP contribution in [0.2, 0.25) is 0 Å². The van der Waals surface area contributed by atoms with Crippen LogP contribution in [0.3, 0.4) is 0 Å². The molecule has 1 atom stereocenters. The van der Waals surface area contributed by atoms with Gasteiger partial charge in [0.05, 0.1) is 0 Å². The summed E-state index contributed by atoms with van der Waals surface area (Å²) in [6.45, 7) is 0.323. The third-order valence-electron chi connectivity index (χ3n) is 1.36. The Labute approximate surface area is 58.2 Å². The molecule has 1 unspecified atom stereocenters. The lowest BCUT2D eigenvalue weighted by Crippen LogP contribution is -2.29. The first kappa shape index (κ1) is 7.49. The summed E-state index contributed by atoms with van der Waals surface area (Å²) in [6, 6.07) is 0. The highest BCUT2D eigenvalue weighted by Crippen LogP contribution is 2.08. The van der Waals surface area contributed by atoms with Crippen molar-refractivity contribution in [3.8, 4) is 0 Å². The fourth-order valence-corrected chi connectivity index (χ4v) is 1.63. The molecule has 0 spiro atoms. The lowest BCUT2D eigenvalue weighted by atomic mass is 10.4. The van der Waals surface area contributed by atoms with Gasteiger partial charge in [-0.25, -0.2) is 0 Å². The first-order valence-electron chi connectivity index (χ1n) is 2.76. The van der Waals surface area contributed by atoms with Crippen molar-refractivity contribution in [2.24, 2.45) is 0 Å². The van der Waals surface area contributed by atoms with Gasteiger partial charge in [-0.15, -0.1) is 0 Å². The average Bonchev–Trinajstić information content (AvgIpc) is 2.11. The monoisotopic (exact) mass is 165 g/mol. The van der Waals surface area contributed by atoms with Crippen molar-refractivity contribution < 1.29 is 17.8 Å². The minimum Gasteiger partial charge on any atom is -0.355 e. The summed E-state index contributed by atoms with van der Waals surface area (Å²) in [4.78, 5) is 10.6. The molecule has 0 aliphatic carbocycles. The first-order valence-corrected chi connectivity index (χ1v) is 4.26. The van der Waals surface area contributed by atoms with E-state index in [4.69, 9.17) is 4.55 Å². The molecule has 1 fully saturated rings. The Bertz CT molecular complexity index is 244. The molecule has 0 bridgehead atoms. The van der Waals surface area contributed by atoms with Crippen LogP contribution in [0.25, 0.3) is 0 Å². The topological polar surface area (TPSA) is 83.5 Å². The maximum Gasteiger partial charge on any atom is 0.277 e. The number of amides is 1. The maximum absolute atomic E-state index is 10.6. The van der Waals surface area contributed by atoms with Crippen LogP contribution in [-0.4, -0.2) is 30.7 Å². The number of carbonyl (C=O) groups excluding carboxylic acids is 1. The van der Waals surface area contributed by atoms with Crippen LogP contribution >= 0.6 is 0 Å². The molecule has 10 heavy (non-hydrogen) atoms. The highest BCUT2D eigenvalue weighted by Gasteiger charge is 2.34. The largest absolute Gasteiger partial charge is 0.355 e. The zero-order valence-corrected chi connectivity index (χ0v) is 5.89. The van der Waals surface area contributed by atoms with Crippen molar-refractivity contribution in [3.05, 3.63) is 0 Å². The quantitative estimate of drug-likeness (QED) is 0.476. The number of rotatable bonds is 1. The van der Waals surface area contributed by atoms with E-state index >= 15 is 0 Å². The van der Waals surface area contributed by atoms with Crippen LogP contribution in [0.4, 0.5) is 0 Å². The van der Waals surface area contributed by atoms with Crippen molar-refractivity contribution >= 4 is 16.0 Å². The smallest absolute Gasteiger partial charge is 0.277 e. The molecule has 0 aromatic rings. The van der Waals surface area contributed by atoms with Crippen molar-refractivity contribution in [1.82, 2.24) is 5.32 Å². The highest BCUT2D eigenvalue weighted by molar-refractivity contribution is 7.87. The fourth-order valence-electron chi connectivity index (χ4n) is 0.856. The van der Waals surface area contributed by atoms with E-state index in [2.05, 4.69) is 5.32 Å². The summed E-state index contributed by atoms with van der Waals surface area (Å²) in [7, 11) is -4.16. The van der Waals surface area contributed by atoms with Crippen LogP contribution in [0.5, 0.6) is 0 Å². The summed E-state index contributed by atoms with van der Waals surface area (Å²) >= 11 is 0. The molecule has 5 nitrogen and oxygen atoms in total. The second kappa shape index (κ2) is 2.21. The average molecular weight is 165 g/mol. The predicted octanol–water partition coefficient (Wildman–Crippen LogP) is -1.24. The van der Waals surface area contributed by atoms with Crippen molar-refractivity contribution in [2.75, 3.05) is 6.54 Å². The predicted molar refractivity (Wildman–Crippen MR) is 33.0 cm³/mol. The Hall–Kier alpha value is -0.620. The maximum atomic E-state index is 10.6. The second-order valence-electron chi connectivity index (χ2n) is 2.08. The lowest BCUT2D eigenvalue weighted by molar-refractivity contribution is -0.118. The van der Waals surface area contributed by atoms with E-state index in [1.165, 1.54) is 0 Å². The van der Waals surface area contributed by atoms with Gasteiger partial charge in [-0.2, -0.15) is 8.42 Å². The van der Waals surface area contributed by atoms with Crippen LogP contribution < -0.4 is 5.32 Å². The number of hydrogen-bond donors (Lipinski definition) is 2. The van der Waals surface area contributed by atoms with Gasteiger partial charge in [0.2, 0.25) is 5.91 Å². The third-order valence-corrected chi connectivity index (χ3v) is 2.53. The SMILES string of the molecule is O=C1NCCC1S(=O)(=O)O. The minimum atomic E-state index is -4.16. The second-order valence-corrected chi connectivity index (χ2v) is 3.68. The molecule has 1 saturated heterocycles. The van der Waals surface area contributed by atoms with E-state index in [0.29, 0.717) is 6.54 Å². The van der Waals surface area contributed by atoms with E-state index in [0.717, 1.165) is 0 Å². The standard InChI is InChI=1S/C4H7NO4S/c6-4-3(1-2-5-4)10(7,8)9/h3H,1-2H2,(H,5,6)(H,7,8,9). The lowest BCUT2D eigenvalue weighted by Gasteiger charge is -1.99. The van der Waals surface area contributed by atoms with Crippen molar-refractivity contribution in [3.63, 3.8) is 0 Å². The number of carbonyl (C=O) groups is 1. The van der Waals surface area contributed by atoms with Gasteiger partial charge in [-0.05, 0) is 6.42 Å². The molecule has 1 aliphatic heterocycles. The van der Waals surface area contributed by atoms with Gasteiger partial charge in [0, 0.05) is 6.54 Å². The summed E-state index contributed by atoms with van der Waals surface area (Å²) in [6.07, 6.45) is 0.164. The van der Waals surface area contributed by atoms with Crippen LogP contribution in [0.1, 0.15) is 6.42 Å². The van der Waals surface area contributed by atoms with E-state index in [-0.39, 0.29) is 6.42 Å². The van der Waals surface area contributed by atoms with Crippen LogP contribution in [-0.2, 0) is 14.9 Å². The number of nitrogens with one attached hydrogen (secondary N) is 1. The van der Waals surface area contributed by atoms with Crippen LogP contribution in [0.15, 0.2) is 0 Å². The van der Waals surface area contributed by atoms with Gasteiger partial charge in [-0.3, -0.25) is 9.35 Å². The highest BCUT2D eigenvalue weighted by atomic mass is 32.2. The van der Waals surface area contributed by atoms with Gasteiger partial charge in [-0.1, -0.05) is 0 Å². The fraction of sp³-hybridized carbons (Fsp3) is 0.750. The normalized spacial score (nSPS) is 26.5. The molecule has 1 heterocycles. The molecule has 0 radical (unpaired) electrons. The molecule has 1 rings (SSSR count). The van der Waals surface area contributed by atoms with Gasteiger partial charge < -0.3 is 5.32 Å². The van der Waals surface area contributed by atoms with E-state index in [1.807, 2.05) is 0 Å². The Kier molecular flexibility index (Phi) is 1.65. The Morgan fingerprint density at radius 2 is 2.20 bits per heavy atom. The summed E-state index contributed by atoms with van der Waals surface area (Å²) in [5.41, 5.74) is 0. The first-order chi connectivity index (χ1) is 4.52. The van der Waals surface area contributed by atoms with E-state index < -0.39 is 21.3 Å². The third kappa shape index (κ3) is 1.27. The number of hydrogen-bond acceptors (Lipinski definition) is 3. The molecular weight excluding hydrogens is 158 g/mol. The molecule has 2 N–H and O–H groups in total. The summed E-state index contributed by atoms with van der Waals surface area (Å²) < 4.78 is 29.1. The van der Waals surface area contributed by atoms with Gasteiger partial charge in [0.25, 0.3) is 10.1 Å². The molecule has 1 amide bonds. The van der Waals surface area contributed by atoms with Crippen molar-refractivity contribution in [2.45, 2.75) is 11.7 Å². The van der Waals surface area contributed by atoms with Crippen molar-refractivity contribution in [1.29, 1.82) is 0 Å². The molecule has 0 aromatic carbocycles. The van der Waals surface area contributed by atoms with E-state index in [9.17, 15) is 13.2 Å².